The molecule has 0 heterocycles. The SMILES string of the molecule is CSCC[C@H](NC(=O)[C@H](CO)NC(=O)[C@H](CC(C)C)NC(=O)CNC(=O)[C@H](CCCCN)NC(=O)[C@H](CCSC)NC(=O)[C@H](Cc1ccccc1)NC(=O)[C@@H](NC(=O)[C@H](CC(=O)O)NC(=O)[C@@H](N)CCSC)C(C)C)C(=O)N[C@@H](C)C(=O)O. The van der Waals surface area contributed by atoms with Crippen LogP contribution in [-0.2, 0) is 64.0 Å². The summed E-state index contributed by atoms with van der Waals surface area (Å²) in [6.45, 7) is 6.59. The molecule has 30 heteroatoms. The number of rotatable bonds is 42. The van der Waals surface area contributed by atoms with E-state index >= 15 is 0 Å². The monoisotopic (exact) mass is 1230 g/mol. The van der Waals surface area contributed by atoms with Gasteiger partial charge in [-0.25, -0.2) is 0 Å². The average Bonchev–Trinajstić information content (AvgIpc) is 3.49. The molecule has 83 heavy (non-hydrogen) atoms. The molecule has 468 valence electrons. The van der Waals surface area contributed by atoms with E-state index in [1.807, 2.05) is 6.26 Å². The Hall–Kier alpha value is -6.21. The number of hydrogen-bond donors (Lipinski definition) is 15. The summed E-state index contributed by atoms with van der Waals surface area (Å²) in [5, 5.41) is 54.1. The Balaban J connectivity index is 3.38. The van der Waals surface area contributed by atoms with Crippen molar-refractivity contribution in [2.24, 2.45) is 23.3 Å². The number of carbonyl (C=O) groups excluding carboxylic acids is 10. The van der Waals surface area contributed by atoms with Crippen molar-refractivity contribution in [1.82, 2.24) is 53.2 Å². The van der Waals surface area contributed by atoms with Crippen molar-refractivity contribution in [3.05, 3.63) is 35.9 Å². The van der Waals surface area contributed by atoms with E-state index in [4.69, 9.17) is 11.5 Å². The average molecular weight is 1230 g/mol. The summed E-state index contributed by atoms with van der Waals surface area (Å²) in [6, 6.07) is -4.76. The van der Waals surface area contributed by atoms with Crippen molar-refractivity contribution in [1.29, 1.82) is 0 Å². The van der Waals surface area contributed by atoms with E-state index in [1.165, 1.54) is 42.2 Å². The predicted octanol–water partition coefficient (Wildman–Crippen LogP) is -2.30. The standard InChI is InChI=1S/C53H88N12O15S3/c1-29(2)24-37(48(74)64-40(28-66)51(77)61-35(18-22-82-7)46(72)57-31(5)53(79)80)58-41(67)27-56-45(71)34(16-12-13-20-54)59-47(73)36(19-23-83-8)60-49(75)38(25-32-14-10-9-11-15-32)63-52(78)43(30(3)4)65-50(76)39(26-42(68)69)62-44(70)33(55)17-21-81-6/h9-11,14-15,29-31,33-40,43,66H,12-13,16-28,54-55H2,1-8H3,(H,56,71)(H,57,72)(H,58,67)(H,59,73)(H,60,75)(H,61,77)(H,62,70)(H,63,78)(H,64,74)(H,65,76)(H,68,69)(H,79,80)/t31-,33-,34-,35-,36-,37-,38-,39-,40-,43-/m0/s1. The van der Waals surface area contributed by atoms with Crippen molar-refractivity contribution in [3.63, 3.8) is 0 Å². The lowest BCUT2D eigenvalue weighted by Crippen LogP contribution is -2.61. The molecule has 0 saturated carbocycles. The molecule has 27 nitrogen and oxygen atoms in total. The van der Waals surface area contributed by atoms with Gasteiger partial charge in [0.15, 0.2) is 0 Å². The highest BCUT2D eigenvalue weighted by Crippen LogP contribution is 2.12. The van der Waals surface area contributed by atoms with Crippen LogP contribution in [-0.4, -0.2) is 202 Å². The fourth-order valence-corrected chi connectivity index (χ4v) is 9.25. The number of unbranched alkanes of at least 4 members (excludes halogenated alkanes) is 1. The Bertz CT molecular complexity index is 2290. The lowest BCUT2D eigenvalue weighted by atomic mass is 10.00. The highest BCUT2D eigenvalue weighted by atomic mass is 32.2. The molecule has 0 aliphatic carbocycles. The number of carboxylic acid groups (broad SMARTS) is 2. The highest BCUT2D eigenvalue weighted by Gasteiger charge is 2.36. The first-order valence-electron chi connectivity index (χ1n) is 27.2. The third kappa shape index (κ3) is 29.7. The molecule has 0 radical (unpaired) electrons. The Morgan fingerprint density at radius 1 is 0.518 bits per heavy atom. The van der Waals surface area contributed by atoms with E-state index in [-0.39, 0.29) is 51.0 Å². The van der Waals surface area contributed by atoms with Crippen LogP contribution in [0.1, 0.15) is 91.5 Å². The summed E-state index contributed by atoms with van der Waals surface area (Å²) < 4.78 is 0. The molecule has 0 fully saturated rings. The van der Waals surface area contributed by atoms with Crippen LogP contribution < -0.4 is 64.6 Å². The van der Waals surface area contributed by atoms with Crippen molar-refractivity contribution >= 4 is 106 Å². The maximum Gasteiger partial charge on any atom is 0.325 e. The van der Waals surface area contributed by atoms with Gasteiger partial charge in [-0.1, -0.05) is 58.0 Å². The van der Waals surface area contributed by atoms with Crippen molar-refractivity contribution in [3.8, 4) is 0 Å². The molecule has 1 aromatic carbocycles. The number of hydrogen-bond acceptors (Lipinski definition) is 18. The Morgan fingerprint density at radius 3 is 1.49 bits per heavy atom. The lowest BCUT2D eigenvalue weighted by molar-refractivity contribution is -0.142. The van der Waals surface area contributed by atoms with Gasteiger partial charge < -0.3 is 80.0 Å². The van der Waals surface area contributed by atoms with Gasteiger partial charge in [-0.15, -0.1) is 0 Å². The number of carboxylic acids is 2. The molecule has 0 bridgehead atoms. The summed E-state index contributed by atoms with van der Waals surface area (Å²) in [7, 11) is 0. The van der Waals surface area contributed by atoms with E-state index < -0.39 is 157 Å². The predicted molar refractivity (Wildman–Crippen MR) is 317 cm³/mol. The second-order valence-electron chi connectivity index (χ2n) is 20.3. The molecule has 1 aromatic rings. The summed E-state index contributed by atoms with van der Waals surface area (Å²) in [5.41, 5.74) is 12.3. The summed E-state index contributed by atoms with van der Waals surface area (Å²) >= 11 is 4.16. The van der Waals surface area contributed by atoms with E-state index in [2.05, 4.69) is 53.2 Å². The number of carbonyl (C=O) groups is 12. The summed E-state index contributed by atoms with van der Waals surface area (Å²) in [6.07, 6.45) is 5.67. The maximum atomic E-state index is 14.4. The minimum absolute atomic E-state index is 0.0352. The van der Waals surface area contributed by atoms with Gasteiger partial charge in [-0.05, 0) is 112 Å². The maximum absolute atomic E-state index is 14.4. The molecule has 0 aromatic heterocycles. The van der Waals surface area contributed by atoms with Crippen molar-refractivity contribution in [2.45, 2.75) is 153 Å². The molecule has 0 unspecified atom stereocenters. The van der Waals surface area contributed by atoms with E-state index in [0.717, 1.165) is 0 Å². The fourth-order valence-electron chi connectivity index (χ4n) is 7.82. The van der Waals surface area contributed by atoms with Crippen LogP contribution >= 0.6 is 35.3 Å². The molecule has 10 amide bonds. The van der Waals surface area contributed by atoms with E-state index in [0.29, 0.717) is 35.7 Å². The lowest BCUT2D eigenvalue weighted by Gasteiger charge is -2.28. The van der Waals surface area contributed by atoms with Crippen molar-refractivity contribution < 1.29 is 72.9 Å². The molecular formula is C53H88N12O15S3. The number of benzene rings is 1. The molecule has 0 aliphatic rings. The normalized spacial score (nSPS) is 14.8. The zero-order valence-electron chi connectivity index (χ0n) is 48.5. The third-order valence-electron chi connectivity index (χ3n) is 12.5. The Labute approximate surface area is 497 Å². The first-order valence-corrected chi connectivity index (χ1v) is 31.4. The van der Waals surface area contributed by atoms with Crippen LogP contribution in [0.3, 0.4) is 0 Å². The number of amides is 10. The second kappa shape index (κ2) is 40.9. The molecule has 10 atom stereocenters. The van der Waals surface area contributed by atoms with Gasteiger partial charge in [0.05, 0.1) is 25.6 Å². The fraction of sp³-hybridized carbons (Fsp3) is 0.660. The van der Waals surface area contributed by atoms with E-state index in [1.54, 1.807) is 70.5 Å². The number of aliphatic hydroxyl groups excluding tert-OH is 1. The minimum atomic E-state index is -1.61. The van der Waals surface area contributed by atoms with Crippen LogP contribution in [0.25, 0.3) is 0 Å². The van der Waals surface area contributed by atoms with Gasteiger partial charge in [0, 0.05) is 6.42 Å². The first kappa shape index (κ1) is 74.8. The van der Waals surface area contributed by atoms with Gasteiger partial charge >= 0.3 is 11.9 Å². The molecule has 17 N–H and O–H groups in total. The van der Waals surface area contributed by atoms with Gasteiger partial charge in [0.2, 0.25) is 59.1 Å². The zero-order valence-corrected chi connectivity index (χ0v) is 51.0. The van der Waals surface area contributed by atoms with Gasteiger partial charge in [-0.2, -0.15) is 35.3 Å². The van der Waals surface area contributed by atoms with Crippen LogP contribution in [0.2, 0.25) is 0 Å². The van der Waals surface area contributed by atoms with Gasteiger partial charge in [0.25, 0.3) is 0 Å². The van der Waals surface area contributed by atoms with Crippen LogP contribution in [0.15, 0.2) is 30.3 Å². The quantitative estimate of drug-likeness (QED) is 0.0306. The van der Waals surface area contributed by atoms with Crippen LogP contribution in [0.5, 0.6) is 0 Å². The number of aliphatic hydroxyl groups is 1. The molecule has 1 rings (SSSR count). The highest BCUT2D eigenvalue weighted by molar-refractivity contribution is 7.98. The first-order chi connectivity index (χ1) is 39.2. The summed E-state index contributed by atoms with van der Waals surface area (Å²) in [4.78, 5) is 159. The third-order valence-corrected chi connectivity index (χ3v) is 14.5. The van der Waals surface area contributed by atoms with Gasteiger partial charge in [0.1, 0.15) is 54.4 Å². The number of nitrogens with one attached hydrogen (secondary N) is 10. The molecule has 0 spiro atoms. The summed E-state index contributed by atoms with van der Waals surface area (Å²) in [5.74, 6) is -10.8. The second-order valence-corrected chi connectivity index (χ2v) is 23.3. The van der Waals surface area contributed by atoms with Gasteiger partial charge in [-0.3, -0.25) is 57.5 Å². The number of aliphatic carboxylic acids is 2. The van der Waals surface area contributed by atoms with Crippen LogP contribution in [0, 0.1) is 11.8 Å². The molecule has 0 saturated heterocycles. The molecular weight excluding hydrogens is 1140 g/mol. The molecule has 0 aliphatic heterocycles. The zero-order chi connectivity index (χ0) is 62.8. The smallest absolute Gasteiger partial charge is 0.325 e. The van der Waals surface area contributed by atoms with Crippen molar-refractivity contribution in [2.75, 3.05) is 55.7 Å². The Kier molecular flexibility index (Phi) is 36.9. The Morgan fingerprint density at radius 2 is 0.988 bits per heavy atom. The minimum Gasteiger partial charge on any atom is -0.481 e. The largest absolute Gasteiger partial charge is 0.481 e. The topological polar surface area (TPSA) is 438 Å². The van der Waals surface area contributed by atoms with E-state index in [9.17, 15) is 72.9 Å². The van der Waals surface area contributed by atoms with Crippen LogP contribution in [0.4, 0.5) is 0 Å². The number of thioether (sulfide) groups is 3. The number of nitrogens with two attached hydrogens (primary N) is 2.